The first-order chi connectivity index (χ1) is 25.3. The fourth-order valence-electron chi connectivity index (χ4n) is 8.63. The van der Waals surface area contributed by atoms with Gasteiger partial charge in [0, 0.05) is 42.6 Å². The highest BCUT2D eigenvalue weighted by Gasteiger charge is 2.29. The molecule has 8 aromatic carbocycles. The lowest BCUT2D eigenvalue weighted by molar-refractivity contribution is 1.02. The van der Waals surface area contributed by atoms with E-state index in [1.807, 2.05) is 11.3 Å². The van der Waals surface area contributed by atoms with E-state index in [-0.39, 0.29) is 5.92 Å². The maximum atomic E-state index is 2.44. The lowest BCUT2D eigenvalue weighted by atomic mass is 9.88. The van der Waals surface area contributed by atoms with Crippen molar-refractivity contribution >= 4 is 53.3 Å². The van der Waals surface area contributed by atoms with Gasteiger partial charge in [-0.2, -0.15) is 0 Å². The molecular weight excluding hydrogens is 635 g/mol. The van der Waals surface area contributed by atoms with Crippen LogP contribution in [0, 0.1) is 0 Å². The van der Waals surface area contributed by atoms with E-state index >= 15 is 0 Å². The average Bonchev–Trinajstić information content (AvgIpc) is 3.86. The molecule has 238 valence electrons. The molecule has 0 N–H and O–H groups in total. The molecule has 0 aliphatic heterocycles. The third-order valence-corrected chi connectivity index (χ3v) is 12.1. The number of fused-ring (bicyclic) bond motifs is 9. The van der Waals surface area contributed by atoms with Crippen LogP contribution in [0.1, 0.15) is 22.6 Å². The van der Waals surface area contributed by atoms with Crippen molar-refractivity contribution in [3.63, 3.8) is 0 Å². The van der Waals surface area contributed by atoms with Gasteiger partial charge in [0.25, 0.3) is 0 Å². The monoisotopic (exact) mass is 665 g/mol. The van der Waals surface area contributed by atoms with Crippen LogP contribution in [-0.4, -0.2) is 4.57 Å². The molecule has 0 fully saturated rings. The van der Waals surface area contributed by atoms with Crippen LogP contribution in [0.5, 0.6) is 0 Å². The third-order valence-electron chi connectivity index (χ3n) is 10.9. The van der Waals surface area contributed by atoms with E-state index in [0.717, 1.165) is 0 Å². The molecule has 10 aromatic rings. The largest absolute Gasteiger partial charge is 0.309 e. The molecule has 0 spiro atoms. The van der Waals surface area contributed by atoms with Crippen molar-refractivity contribution in [1.29, 1.82) is 0 Å². The zero-order chi connectivity index (χ0) is 33.5. The first-order valence-corrected chi connectivity index (χ1v) is 18.4. The number of rotatable bonds is 4. The number of aromatic nitrogens is 1. The molecule has 0 radical (unpaired) electrons. The maximum absolute atomic E-state index is 2.44. The topological polar surface area (TPSA) is 4.93 Å². The van der Waals surface area contributed by atoms with Gasteiger partial charge in [0.2, 0.25) is 0 Å². The Hall–Kier alpha value is -6.22. The zero-order valence-electron chi connectivity index (χ0n) is 27.8. The van der Waals surface area contributed by atoms with Crippen LogP contribution >= 0.6 is 11.3 Å². The normalized spacial score (nSPS) is 12.6. The van der Waals surface area contributed by atoms with Crippen LogP contribution in [0.25, 0.3) is 81.0 Å². The molecule has 1 nitrogen and oxygen atoms in total. The Bertz CT molecular complexity index is 2950. The molecule has 2 aromatic heterocycles. The first-order valence-electron chi connectivity index (χ1n) is 17.6. The minimum absolute atomic E-state index is 0.220. The maximum Gasteiger partial charge on any atom is 0.0541 e. The van der Waals surface area contributed by atoms with Crippen molar-refractivity contribution in [2.24, 2.45) is 0 Å². The van der Waals surface area contributed by atoms with Crippen LogP contribution in [0.4, 0.5) is 0 Å². The minimum atomic E-state index is 0.220. The van der Waals surface area contributed by atoms with Crippen molar-refractivity contribution in [3.8, 4) is 39.1 Å². The van der Waals surface area contributed by atoms with Crippen LogP contribution in [0.3, 0.4) is 0 Å². The Morgan fingerprint density at radius 2 is 1.00 bits per heavy atom. The molecule has 0 amide bonds. The van der Waals surface area contributed by atoms with Crippen LogP contribution in [0.15, 0.2) is 182 Å². The molecule has 11 rings (SSSR count). The Morgan fingerprint density at radius 1 is 0.392 bits per heavy atom. The summed E-state index contributed by atoms with van der Waals surface area (Å²) in [7, 11) is 0. The quantitative estimate of drug-likeness (QED) is 0.176. The van der Waals surface area contributed by atoms with Crippen molar-refractivity contribution in [1.82, 2.24) is 4.57 Å². The molecule has 0 atom stereocenters. The Balaban J connectivity index is 1.04. The van der Waals surface area contributed by atoms with Crippen molar-refractivity contribution < 1.29 is 0 Å². The highest BCUT2D eigenvalue weighted by atomic mass is 32.1. The number of hydrogen-bond donors (Lipinski definition) is 0. The highest BCUT2D eigenvalue weighted by Crippen LogP contribution is 2.49. The van der Waals surface area contributed by atoms with Gasteiger partial charge in [-0.1, -0.05) is 140 Å². The van der Waals surface area contributed by atoms with Gasteiger partial charge in [0.1, 0.15) is 0 Å². The fraction of sp³-hybridized carbons (Fsp3) is 0.0204. The summed E-state index contributed by atoms with van der Waals surface area (Å²) >= 11 is 1.89. The molecule has 0 unspecified atom stereocenters. The molecule has 1 aliphatic rings. The summed E-state index contributed by atoms with van der Waals surface area (Å²) in [5.41, 5.74) is 15.4. The van der Waals surface area contributed by atoms with Crippen LogP contribution in [-0.2, 0) is 0 Å². The predicted octanol–water partition coefficient (Wildman–Crippen LogP) is 13.6. The van der Waals surface area contributed by atoms with Crippen molar-refractivity contribution in [3.05, 3.63) is 199 Å². The number of hydrogen-bond acceptors (Lipinski definition) is 1. The van der Waals surface area contributed by atoms with Crippen LogP contribution in [0.2, 0.25) is 0 Å². The Labute approximate surface area is 300 Å². The number of benzene rings is 8. The van der Waals surface area contributed by atoms with Crippen molar-refractivity contribution in [2.75, 3.05) is 0 Å². The second-order valence-electron chi connectivity index (χ2n) is 13.6. The van der Waals surface area contributed by atoms with Gasteiger partial charge in [-0.05, 0) is 92.5 Å². The second kappa shape index (κ2) is 11.1. The predicted molar refractivity (Wildman–Crippen MR) is 217 cm³/mol. The summed E-state index contributed by atoms with van der Waals surface area (Å²) in [6, 6.07) is 67.3. The van der Waals surface area contributed by atoms with E-state index in [2.05, 4.69) is 187 Å². The van der Waals surface area contributed by atoms with E-state index < -0.39 is 0 Å². The lowest BCUT2D eigenvalue weighted by Gasteiger charge is -2.15. The van der Waals surface area contributed by atoms with Gasteiger partial charge in [-0.25, -0.2) is 0 Å². The van der Waals surface area contributed by atoms with E-state index in [4.69, 9.17) is 0 Å². The van der Waals surface area contributed by atoms with Gasteiger partial charge < -0.3 is 4.57 Å². The van der Waals surface area contributed by atoms with E-state index in [1.165, 1.54) is 97.7 Å². The van der Waals surface area contributed by atoms with Gasteiger partial charge in [-0.3, -0.25) is 0 Å². The molecule has 2 heterocycles. The molecule has 2 heteroatoms. The number of thiophene rings is 1. The third kappa shape index (κ3) is 4.33. The van der Waals surface area contributed by atoms with Gasteiger partial charge >= 0.3 is 0 Å². The SMILES string of the molecule is c1cc(-c2cccc(-n3c4ccccc4c4cc(C5c6ccccc6-c6ccccc65)ccc43)c2)cc(-c2cccc3c2sc2ccccc23)c1. The number of nitrogens with zero attached hydrogens (tertiary/aromatic N) is 1. The Morgan fingerprint density at radius 3 is 1.84 bits per heavy atom. The summed E-state index contributed by atoms with van der Waals surface area (Å²) in [4.78, 5) is 0. The molecule has 0 saturated carbocycles. The summed E-state index contributed by atoms with van der Waals surface area (Å²) < 4.78 is 5.12. The van der Waals surface area contributed by atoms with E-state index in [9.17, 15) is 0 Å². The molecule has 51 heavy (non-hydrogen) atoms. The molecular formula is C49H31NS. The van der Waals surface area contributed by atoms with Gasteiger partial charge in [0.15, 0.2) is 0 Å². The van der Waals surface area contributed by atoms with E-state index in [0.29, 0.717) is 0 Å². The summed E-state index contributed by atoms with van der Waals surface area (Å²) in [6.45, 7) is 0. The van der Waals surface area contributed by atoms with Gasteiger partial charge in [-0.15, -0.1) is 11.3 Å². The summed E-state index contributed by atoms with van der Waals surface area (Å²) in [6.07, 6.45) is 0. The smallest absolute Gasteiger partial charge is 0.0541 e. The Kier molecular flexibility index (Phi) is 6.25. The zero-order valence-corrected chi connectivity index (χ0v) is 28.6. The average molecular weight is 666 g/mol. The fourth-order valence-corrected chi connectivity index (χ4v) is 9.87. The van der Waals surface area contributed by atoms with Crippen molar-refractivity contribution in [2.45, 2.75) is 5.92 Å². The minimum Gasteiger partial charge on any atom is -0.309 e. The lowest BCUT2D eigenvalue weighted by Crippen LogP contribution is -1.99. The van der Waals surface area contributed by atoms with E-state index in [1.54, 1.807) is 0 Å². The molecule has 0 saturated heterocycles. The van der Waals surface area contributed by atoms with Crippen LogP contribution < -0.4 is 0 Å². The highest BCUT2D eigenvalue weighted by molar-refractivity contribution is 7.26. The number of para-hydroxylation sites is 1. The molecule has 1 aliphatic carbocycles. The second-order valence-corrected chi connectivity index (χ2v) is 14.7. The van der Waals surface area contributed by atoms with Gasteiger partial charge in [0.05, 0.1) is 11.0 Å². The molecule has 0 bridgehead atoms. The summed E-state index contributed by atoms with van der Waals surface area (Å²) in [5, 5.41) is 5.22. The summed E-state index contributed by atoms with van der Waals surface area (Å²) in [5.74, 6) is 0.220. The standard InChI is InChI=1S/C49H31NS/c1-3-20-41-37(16-1)38-17-2-4-21-42(38)48(41)34-26-27-46-44(30-34)39-18-5-7-24-45(39)50(46)35-15-10-13-32(29-35)31-12-9-14-33(28-31)36-22-11-23-43-40-19-6-8-25-47(40)51-49(36)43/h1-30,48H. The first kappa shape index (κ1) is 28.6.